The second-order valence-corrected chi connectivity index (χ2v) is 5.53. The first-order chi connectivity index (χ1) is 9.21. The smallest absolute Gasteiger partial charge is 0.412 e. The predicted molar refractivity (Wildman–Crippen MR) is 75.0 cm³/mol. The van der Waals surface area contributed by atoms with Crippen molar-refractivity contribution in [3.63, 3.8) is 0 Å². The molecule has 112 valence electrons. The Balaban J connectivity index is 2.70. The Hall–Kier alpha value is -1.66. The van der Waals surface area contributed by atoms with E-state index in [0.717, 1.165) is 0 Å². The number of anilines is 1. The molecule has 0 saturated heterocycles. The van der Waals surface area contributed by atoms with Gasteiger partial charge in [0.05, 0.1) is 6.10 Å². The lowest BCUT2D eigenvalue weighted by Crippen LogP contribution is -2.27. The van der Waals surface area contributed by atoms with Crippen LogP contribution in [0.3, 0.4) is 0 Å². The summed E-state index contributed by atoms with van der Waals surface area (Å²) >= 11 is 0. The van der Waals surface area contributed by atoms with Crippen LogP contribution < -0.4 is 11.1 Å². The number of benzene rings is 1. The molecule has 20 heavy (non-hydrogen) atoms. The molecule has 1 aromatic carbocycles. The molecule has 0 spiro atoms. The average Bonchev–Trinajstić information content (AvgIpc) is 2.29. The number of ether oxygens (including phenoxy) is 1. The van der Waals surface area contributed by atoms with Crippen molar-refractivity contribution in [1.82, 2.24) is 0 Å². The number of aliphatic hydroxyl groups is 1. The second kappa shape index (κ2) is 6.67. The zero-order chi connectivity index (χ0) is 15.3. The van der Waals surface area contributed by atoms with Gasteiger partial charge in [-0.05, 0) is 38.5 Å². The lowest BCUT2D eigenvalue weighted by Gasteiger charge is -2.19. The van der Waals surface area contributed by atoms with Crippen molar-refractivity contribution in [3.05, 3.63) is 29.6 Å². The van der Waals surface area contributed by atoms with Crippen molar-refractivity contribution in [3.8, 4) is 0 Å². The molecule has 0 heterocycles. The van der Waals surface area contributed by atoms with E-state index in [1.807, 2.05) is 0 Å². The van der Waals surface area contributed by atoms with Crippen LogP contribution in [0.4, 0.5) is 14.9 Å². The second-order valence-electron chi connectivity index (χ2n) is 5.53. The van der Waals surface area contributed by atoms with Crippen LogP contribution in [0.5, 0.6) is 0 Å². The third-order valence-electron chi connectivity index (χ3n) is 2.43. The van der Waals surface area contributed by atoms with E-state index in [4.69, 9.17) is 10.5 Å². The number of hydrogen-bond acceptors (Lipinski definition) is 4. The lowest BCUT2D eigenvalue weighted by atomic mass is 10.1. The van der Waals surface area contributed by atoms with Crippen LogP contribution in [0.2, 0.25) is 0 Å². The third-order valence-corrected chi connectivity index (χ3v) is 2.43. The summed E-state index contributed by atoms with van der Waals surface area (Å²) in [4.78, 5) is 11.5. The molecule has 5 nitrogen and oxygen atoms in total. The van der Waals surface area contributed by atoms with E-state index >= 15 is 0 Å². The Morgan fingerprint density at radius 3 is 2.65 bits per heavy atom. The maximum atomic E-state index is 13.8. The lowest BCUT2D eigenvalue weighted by molar-refractivity contribution is 0.0636. The zero-order valence-electron chi connectivity index (χ0n) is 11.9. The molecule has 6 heteroatoms. The fourth-order valence-corrected chi connectivity index (χ4v) is 1.55. The number of halogens is 1. The molecule has 4 N–H and O–H groups in total. The van der Waals surface area contributed by atoms with Gasteiger partial charge in [-0.25, -0.2) is 9.18 Å². The molecule has 1 amide bonds. The van der Waals surface area contributed by atoms with Gasteiger partial charge in [0.25, 0.3) is 0 Å². The Kier molecular flexibility index (Phi) is 5.47. The van der Waals surface area contributed by atoms with E-state index in [-0.39, 0.29) is 13.0 Å². The highest BCUT2D eigenvalue weighted by atomic mass is 19.1. The monoisotopic (exact) mass is 284 g/mol. The van der Waals surface area contributed by atoms with E-state index in [1.165, 1.54) is 12.1 Å². The van der Waals surface area contributed by atoms with Gasteiger partial charge in [-0.2, -0.15) is 0 Å². The number of hydrogen-bond donors (Lipinski definition) is 3. The fourth-order valence-electron chi connectivity index (χ4n) is 1.55. The molecule has 0 fully saturated rings. The summed E-state index contributed by atoms with van der Waals surface area (Å²) in [6.07, 6.45) is -1.30. The summed E-state index contributed by atoms with van der Waals surface area (Å²) in [5.41, 5.74) is 5.30. The van der Waals surface area contributed by atoms with Crippen LogP contribution in [0.25, 0.3) is 0 Å². The summed E-state index contributed by atoms with van der Waals surface area (Å²) in [6, 6.07) is 4.23. The molecule has 0 aliphatic heterocycles. The molecule has 1 unspecified atom stereocenters. The van der Waals surface area contributed by atoms with Crippen LogP contribution in [0, 0.1) is 5.82 Å². The Morgan fingerprint density at radius 2 is 2.15 bits per heavy atom. The maximum Gasteiger partial charge on any atom is 0.412 e. The van der Waals surface area contributed by atoms with Gasteiger partial charge in [-0.15, -0.1) is 0 Å². The van der Waals surface area contributed by atoms with Crippen molar-refractivity contribution in [2.75, 3.05) is 11.9 Å². The largest absolute Gasteiger partial charge is 0.444 e. The molecule has 1 rings (SSSR count). The predicted octanol–water partition coefficient (Wildman–Crippen LogP) is 2.03. The molecule has 1 atom stereocenters. The molecule has 0 radical (unpaired) electrons. The molecule has 1 aromatic rings. The molecule has 0 bridgehead atoms. The topological polar surface area (TPSA) is 84.6 Å². The fraction of sp³-hybridized carbons (Fsp3) is 0.500. The van der Waals surface area contributed by atoms with E-state index in [0.29, 0.717) is 11.3 Å². The quantitative estimate of drug-likeness (QED) is 0.790. The first-order valence-electron chi connectivity index (χ1n) is 6.38. The van der Waals surface area contributed by atoms with Gasteiger partial charge < -0.3 is 15.6 Å². The van der Waals surface area contributed by atoms with Crippen LogP contribution in [-0.4, -0.2) is 29.4 Å². The Morgan fingerprint density at radius 1 is 1.50 bits per heavy atom. The van der Waals surface area contributed by atoms with Gasteiger partial charge in [0.15, 0.2) is 0 Å². The number of nitrogens with one attached hydrogen (secondary N) is 1. The van der Waals surface area contributed by atoms with Crippen LogP contribution in [-0.2, 0) is 11.2 Å². The van der Waals surface area contributed by atoms with Crippen molar-refractivity contribution in [2.24, 2.45) is 5.73 Å². The highest BCUT2D eigenvalue weighted by Gasteiger charge is 2.16. The van der Waals surface area contributed by atoms with E-state index in [9.17, 15) is 14.3 Å². The van der Waals surface area contributed by atoms with Gasteiger partial charge in [0, 0.05) is 18.7 Å². The zero-order valence-corrected chi connectivity index (χ0v) is 11.9. The standard InChI is InChI=1S/C14H21FN2O3/c1-14(2,3)20-13(19)17-10-5-4-9(12(15)7-10)6-11(18)8-16/h4-5,7,11,18H,6,8,16H2,1-3H3,(H,17,19). The Bertz CT molecular complexity index is 472. The van der Waals surface area contributed by atoms with Crippen molar-refractivity contribution < 1.29 is 19.0 Å². The minimum absolute atomic E-state index is 0.0668. The minimum Gasteiger partial charge on any atom is -0.444 e. The van der Waals surface area contributed by atoms with Crippen molar-refractivity contribution in [2.45, 2.75) is 38.9 Å². The molecule has 0 aliphatic rings. The third kappa shape index (κ3) is 5.54. The van der Waals surface area contributed by atoms with Gasteiger partial charge in [-0.1, -0.05) is 6.07 Å². The first kappa shape index (κ1) is 16.4. The summed E-state index contributed by atoms with van der Waals surface area (Å²) < 4.78 is 18.9. The van der Waals surface area contributed by atoms with Crippen LogP contribution in [0.15, 0.2) is 18.2 Å². The van der Waals surface area contributed by atoms with Crippen LogP contribution >= 0.6 is 0 Å². The van der Waals surface area contributed by atoms with Crippen molar-refractivity contribution in [1.29, 1.82) is 0 Å². The number of carbonyl (C=O) groups is 1. The molecule has 0 aliphatic carbocycles. The number of nitrogens with two attached hydrogens (primary N) is 1. The molecule has 0 aromatic heterocycles. The highest BCUT2D eigenvalue weighted by molar-refractivity contribution is 5.84. The molecular weight excluding hydrogens is 263 g/mol. The summed E-state index contributed by atoms with van der Waals surface area (Å²) in [5, 5.41) is 11.8. The molecular formula is C14H21FN2O3. The van der Waals surface area contributed by atoms with Gasteiger partial charge in [0.1, 0.15) is 11.4 Å². The number of carbonyl (C=O) groups excluding carboxylic acids is 1. The van der Waals surface area contributed by atoms with E-state index < -0.39 is 23.6 Å². The summed E-state index contributed by atoms with van der Waals surface area (Å²) in [5.74, 6) is -0.508. The van der Waals surface area contributed by atoms with Gasteiger partial charge in [0.2, 0.25) is 0 Å². The number of amides is 1. The maximum absolute atomic E-state index is 13.8. The number of aliphatic hydroxyl groups excluding tert-OH is 1. The van der Waals surface area contributed by atoms with E-state index in [2.05, 4.69) is 5.32 Å². The molecule has 0 saturated carbocycles. The normalized spacial score (nSPS) is 12.9. The first-order valence-corrected chi connectivity index (χ1v) is 6.38. The van der Waals surface area contributed by atoms with Gasteiger partial charge in [-0.3, -0.25) is 5.32 Å². The van der Waals surface area contributed by atoms with Gasteiger partial charge >= 0.3 is 6.09 Å². The van der Waals surface area contributed by atoms with Crippen LogP contribution in [0.1, 0.15) is 26.3 Å². The van der Waals surface area contributed by atoms with E-state index in [1.54, 1.807) is 26.8 Å². The Labute approximate surface area is 117 Å². The minimum atomic E-state index is -0.783. The summed E-state index contributed by atoms with van der Waals surface area (Å²) in [7, 11) is 0. The highest BCUT2D eigenvalue weighted by Crippen LogP contribution is 2.17. The number of rotatable bonds is 4. The summed E-state index contributed by atoms with van der Waals surface area (Å²) in [6.45, 7) is 5.29. The SMILES string of the molecule is CC(C)(C)OC(=O)Nc1ccc(CC(O)CN)c(F)c1. The average molecular weight is 284 g/mol. The van der Waals surface area contributed by atoms with Crippen molar-refractivity contribution >= 4 is 11.8 Å².